The van der Waals surface area contributed by atoms with E-state index in [9.17, 15) is 9.59 Å². The van der Waals surface area contributed by atoms with Gasteiger partial charge in [0.25, 0.3) is 0 Å². The lowest BCUT2D eigenvalue weighted by molar-refractivity contribution is -0.121. The van der Waals surface area contributed by atoms with Crippen LogP contribution in [-0.2, 0) is 9.59 Å². The topological polar surface area (TPSA) is 37.4 Å². The van der Waals surface area contributed by atoms with E-state index in [-0.39, 0.29) is 23.5 Å². The normalized spacial score (nSPS) is 21.1. The molecule has 4 rings (SSSR count). The Morgan fingerprint density at radius 1 is 1.00 bits per heavy atom. The number of aryl methyl sites for hydroxylation is 1. The molecule has 2 aromatic rings. The third-order valence-corrected chi connectivity index (χ3v) is 7.15. The molecule has 1 heterocycles. The molecule has 0 spiro atoms. The Labute approximate surface area is 191 Å². The molecule has 3 nitrogen and oxygen atoms in total. The fourth-order valence-corrected chi connectivity index (χ4v) is 5.11. The van der Waals surface area contributed by atoms with E-state index < -0.39 is 5.92 Å². The van der Waals surface area contributed by atoms with Crippen LogP contribution in [0.5, 0.6) is 0 Å². The number of rotatable bonds is 2. The first kappa shape index (κ1) is 21.4. The van der Waals surface area contributed by atoms with Crippen molar-refractivity contribution in [3.8, 4) is 0 Å². The summed E-state index contributed by atoms with van der Waals surface area (Å²) in [6.45, 7) is 6.02. The number of nitrogens with zero attached hydrogens (tertiary/aromatic N) is 1. The summed E-state index contributed by atoms with van der Waals surface area (Å²) in [4.78, 5) is 28.4. The lowest BCUT2D eigenvalue weighted by atomic mass is 9.69. The Balaban J connectivity index is 1.93. The van der Waals surface area contributed by atoms with Crippen LogP contribution in [-0.4, -0.2) is 11.7 Å². The van der Waals surface area contributed by atoms with Crippen LogP contribution in [0.2, 0.25) is 15.1 Å². The highest BCUT2D eigenvalue weighted by molar-refractivity contribution is 6.42. The average Bonchev–Trinajstić information content (AvgIpc) is 2.65. The van der Waals surface area contributed by atoms with Gasteiger partial charge >= 0.3 is 0 Å². The van der Waals surface area contributed by atoms with Gasteiger partial charge < -0.3 is 0 Å². The summed E-state index contributed by atoms with van der Waals surface area (Å²) >= 11 is 19.1. The smallest absolute Gasteiger partial charge is 0.232 e. The summed E-state index contributed by atoms with van der Waals surface area (Å²) in [5, 5.41) is 1.40. The standard InChI is InChI=1S/C24H22Cl3NO2/c1-13-7-8-14(9-18(13)26)28-19-11-24(2,3)12-20(29)22(19)16(10-21(28)30)15-5-4-6-17(25)23(15)27/h4-9,16H,10-12H2,1-3H3. The Kier molecular flexibility index (Phi) is 5.50. The van der Waals surface area contributed by atoms with Gasteiger partial charge in [0.2, 0.25) is 5.91 Å². The molecule has 1 aliphatic heterocycles. The van der Waals surface area contributed by atoms with E-state index in [2.05, 4.69) is 13.8 Å². The van der Waals surface area contributed by atoms with Crippen molar-refractivity contribution in [1.82, 2.24) is 0 Å². The van der Waals surface area contributed by atoms with Crippen molar-refractivity contribution in [2.24, 2.45) is 5.41 Å². The van der Waals surface area contributed by atoms with Gasteiger partial charge in [0.1, 0.15) is 0 Å². The Morgan fingerprint density at radius 3 is 2.43 bits per heavy atom. The zero-order chi connectivity index (χ0) is 21.8. The molecule has 2 aliphatic rings. The molecule has 0 N–H and O–H groups in total. The van der Waals surface area contributed by atoms with Crippen molar-refractivity contribution in [2.75, 3.05) is 4.90 Å². The van der Waals surface area contributed by atoms with Crippen LogP contribution < -0.4 is 4.90 Å². The SMILES string of the molecule is Cc1ccc(N2C(=O)CC(c3cccc(Cl)c3Cl)C3=C2CC(C)(C)CC3=O)cc1Cl. The van der Waals surface area contributed by atoms with Crippen molar-refractivity contribution in [1.29, 1.82) is 0 Å². The summed E-state index contributed by atoms with van der Waals surface area (Å²) in [5.74, 6) is -0.433. The fraction of sp³-hybridized carbons (Fsp3) is 0.333. The van der Waals surface area contributed by atoms with Crippen LogP contribution >= 0.6 is 34.8 Å². The van der Waals surface area contributed by atoms with Crippen LogP contribution in [0.1, 0.15) is 50.2 Å². The van der Waals surface area contributed by atoms with Gasteiger partial charge in [-0.25, -0.2) is 0 Å². The maximum absolute atomic E-state index is 13.4. The van der Waals surface area contributed by atoms with E-state index in [1.807, 2.05) is 25.1 Å². The van der Waals surface area contributed by atoms with Crippen LogP contribution in [0, 0.1) is 12.3 Å². The first-order chi connectivity index (χ1) is 14.1. The number of carbonyl (C=O) groups excluding carboxylic acids is 2. The van der Waals surface area contributed by atoms with E-state index >= 15 is 0 Å². The monoisotopic (exact) mass is 461 g/mol. The predicted octanol–water partition coefficient (Wildman–Crippen LogP) is 7.12. The van der Waals surface area contributed by atoms with E-state index in [0.29, 0.717) is 39.2 Å². The van der Waals surface area contributed by atoms with E-state index in [0.717, 1.165) is 16.8 Å². The summed E-state index contributed by atoms with van der Waals surface area (Å²) in [7, 11) is 0. The molecular formula is C24H22Cl3NO2. The second-order valence-corrected chi connectivity index (χ2v) is 10.1. The molecule has 0 aromatic heterocycles. The lowest BCUT2D eigenvalue weighted by Crippen LogP contribution is -2.43. The number of carbonyl (C=O) groups is 2. The molecule has 1 amide bonds. The van der Waals surface area contributed by atoms with Gasteiger partial charge in [-0.3, -0.25) is 14.5 Å². The minimum Gasteiger partial charge on any atom is -0.294 e. The highest BCUT2D eigenvalue weighted by Crippen LogP contribution is 2.49. The fourth-order valence-electron chi connectivity index (χ4n) is 4.49. The lowest BCUT2D eigenvalue weighted by Gasteiger charge is -2.43. The largest absolute Gasteiger partial charge is 0.294 e. The number of halogens is 3. The van der Waals surface area contributed by atoms with Gasteiger partial charge in [0.05, 0.1) is 15.7 Å². The molecule has 1 atom stereocenters. The average molecular weight is 463 g/mol. The highest BCUT2D eigenvalue weighted by Gasteiger charge is 2.44. The molecule has 6 heteroatoms. The predicted molar refractivity (Wildman–Crippen MR) is 123 cm³/mol. The molecule has 2 aromatic carbocycles. The number of amides is 1. The summed E-state index contributed by atoms with van der Waals surface area (Å²) in [6.07, 6.45) is 1.19. The third-order valence-electron chi connectivity index (χ3n) is 5.91. The van der Waals surface area contributed by atoms with Gasteiger partial charge in [0, 0.05) is 35.1 Å². The second kappa shape index (κ2) is 7.71. The zero-order valence-electron chi connectivity index (χ0n) is 17.1. The second-order valence-electron chi connectivity index (χ2n) is 8.86. The summed E-state index contributed by atoms with van der Waals surface area (Å²) in [5.41, 5.74) is 3.50. The van der Waals surface area contributed by atoms with Gasteiger partial charge in [-0.15, -0.1) is 0 Å². The maximum Gasteiger partial charge on any atom is 0.232 e. The molecule has 0 radical (unpaired) electrons. The molecule has 30 heavy (non-hydrogen) atoms. The number of anilines is 1. The van der Waals surface area contributed by atoms with Crippen molar-refractivity contribution in [3.63, 3.8) is 0 Å². The summed E-state index contributed by atoms with van der Waals surface area (Å²) in [6, 6.07) is 10.9. The zero-order valence-corrected chi connectivity index (χ0v) is 19.3. The molecule has 156 valence electrons. The molecule has 0 saturated heterocycles. The van der Waals surface area contributed by atoms with Gasteiger partial charge in [-0.05, 0) is 48.1 Å². The number of hydrogen-bond donors (Lipinski definition) is 0. The quantitative estimate of drug-likeness (QED) is 0.476. The molecule has 0 saturated carbocycles. The Hall–Kier alpha value is -1.81. The van der Waals surface area contributed by atoms with Crippen molar-refractivity contribution >= 4 is 52.2 Å². The number of benzene rings is 2. The molecular weight excluding hydrogens is 441 g/mol. The van der Waals surface area contributed by atoms with Gasteiger partial charge in [-0.2, -0.15) is 0 Å². The van der Waals surface area contributed by atoms with Gasteiger partial charge in [-0.1, -0.05) is 66.8 Å². The van der Waals surface area contributed by atoms with E-state index in [1.165, 1.54) is 0 Å². The van der Waals surface area contributed by atoms with Crippen LogP contribution in [0.4, 0.5) is 5.69 Å². The van der Waals surface area contributed by atoms with Crippen LogP contribution in [0.25, 0.3) is 0 Å². The molecule has 0 bridgehead atoms. The maximum atomic E-state index is 13.4. The molecule has 1 aliphatic carbocycles. The first-order valence-electron chi connectivity index (χ1n) is 9.88. The van der Waals surface area contributed by atoms with Crippen LogP contribution in [0.15, 0.2) is 47.7 Å². The highest BCUT2D eigenvalue weighted by atomic mass is 35.5. The summed E-state index contributed by atoms with van der Waals surface area (Å²) < 4.78 is 0. The minimum absolute atomic E-state index is 0.0537. The molecule has 1 unspecified atom stereocenters. The van der Waals surface area contributed by atoms with Gasteiger partial charge in [0.15, 0.2) is 5.78 Å². The number of hydrogen-bond acceptors (Lipinski definition) is 2. The number of ketones is 1. The van der Waals surface area contributed by atoms with E-state index in [4.69, 9.17) is 34.8 Å². The third kappa shape index (κ3) is 3.68. The van der Waals surface area contributed by atoms with Crippen molar-refractivity contribution < 1.29 is 9.59 Å². The minimum atomic E-state index is -0.403. The number of allylic oxidation sites excluding steroid dienone is 2. The van der Waals surface area contributed by atoms with Crippen molar-refractivity contribution in [2.45, 2.75) is 46.0 Å². The Morgan fingerprint density at radius 2 is 1.73 bits per heavy atom. The van der Waals surface area contributed by atoms with Crippen LogP contribution in [0.3, 0.4) is 0 Å². The first-order valence-corrected chi connectivity index (χ1v) is 11.0. The molecule has 0 fully saturated rings. The number of Topliss-reactive ketones (excluding diaryl/α,β-unsaturated/α-hetero) is 1. The van der Waals surface area contributed by atoms with E-state index in [1.54, 1.807) is 23.1 Å². The Bertz CT molecular complexity index is 1100. The van der Waals surface area contributed by atoms with Crippen molar-refractivity contribution in [3.05, 3.63) is 73.9 Å².